The van der Waals surface area contributed by atoms with Crippen LogP contribution in [0, 0.1) is 11.3 Å². The molecule has 0 atom stereocenters. The van der Waals surface area contributed by atoms with Crippen molar-refractivity contribution in [1.29, 1.82) is 5.26 Å². The first kappa shape index (κ1) is 9.88. The van der Waals surface area contributed by atoms with Crippen LogP contribution in [0.4, 0.5) is 0 Å². The summed E-state index contributed by atoms with van der Waals surface area (Å²) in [4.78, 5) is 3.11. The lowest BCUT2D eigenvalue weighted by molar-refractivity contribution is 0.476. The van der Waals surface area contributed by atoms with Crippen LogP contribution in [0.2, 0.25) is 5.02 Å². The van der Waals surface area contributed by atoms with Gasteiger partial charge in [-0.1, -0.05) is 18.5 Å². The number of rotatable bonds is 1. The topological polar surface area (TPSA) is 59.8 Å². The third-order valence-electron chi connectivity index (χ3n) is 2.42. The van der Waals surface area contributed by atoms with Crippen LogP contribution < -0.4 is 0 Å². The molecule has 2 aromatic rings. The number of nitrogens with zero attached hydrogens (tertiary/aromatic N) is 1. The van der Waals surface area contributed by atoms with Gasteiger partial charge in [-0.15, -0.1) is 0 Å². The lowest BCUT2D eigenvalue weighted by Crippen LogP contribution is -1.82. The second-order valence-electron chi connectivity index (χ2n) is 3.27. The number of aromatic hydroxyl groups is 1. The molecule has 76 valence electrons. The SMILES string of the molecule is CCc1[nH]c2ccc(O)c(Cl)c2c1C#N. The summed E-state index contributed by atoms with van der Waals surface area (Å²) in [5, 5.41) is 19.3. The Kier molecular flexibility index (Phi) is 2.29. The molecule has 0 aliphatic heterocycles. The van der Waals surface area contributed by atoms with Gasteiger partial charge in [0.1, 0.15) is 11.8 Å². The number of H-pyrrole nitrogens is 1. The minimum Gasteiger partial charge on any atom is -0.506 e. The summed E-state index contributed by atoms with van der Waals surface area (Å²) in [6.45, 7) is 1.96. The molecule has 0 bridgehead atoms. The molecule has 0 fully saturated rings. The Morgan fingerprint density at radius 2 is 2.27 bits per heavy atom. The zero-order valence-electron chi connectivity index (χ0n) is 8.13. The molecule has 1 aromatic carbocycles. The number of phenols is 1. The summed E-state index contributed by atoms with van der Waals surface area (Å²) < 4.78 is 0. The van der Waals surface area contributed by atoms with Gasteiger partial charge in [0, 0.05) is 16.6 Å². The molecule has 1 aromatic heterocycles. The van der Waals surface area contributed by atoms with E-state index in [0.717, 1.165) is 17.6 Å². The van der Waals surface area contributed by atoms with Crippen LogP contribution in [0.25, 0.3) is 10.9 Å². The number of benzene rings is 1. The van der Waals surface area contributed by atoms with Crippen molar-refractivity contribution in [3.63, 3.8) is 0 Å². The summed E-state index contributed by atoms with van der Waals surface area (Å²) in [6.07, 6.45) is 0.731. The Bertz CT molecular complexity index is 566. The second-order valence-corrected chi connectivity index (χ2v) is 3.64. The van der Waals surface area contributed by atoms with E-state index in [1.165, 1.54) is 6.07 Å². The summed E-state index contributed by atoms with van der Waals surface area (Å²) in [5.41, 5.74) is 2.15. The average molecular weight is 221 g/mol. The number of hydrogen-bond acceptors (Lipinski definition) is 2. The van der Waals surface area contributed by atoms with Crippen molar-refractivity contribution in [2.24, 2.45) is 0 Å². The first-order valence-corrected chi connectivity index (χ1v) is 4.99. The molecular weight excluding hydrogens is 212 g/mol. The Labute approximate surface area is 91.9 Å². The molecule has 2 N–H and O–H groups in total. The van der Waals surface area contributed by atoms with E-state index in [1.54, 1.807) is 6.07 Å². The van der Waals surface area contributed by atoms with Gasteiger partial charge in [-0.25, -0.2) is 0 Å². The summed E-state index contributed by atoms with van der Waals surface area (Å²) >= 11 is 5.96. The van der Waals surface area contributed by atoms with Gasteiger partial charge >= 0.3 is 0 Å². The number of aromatic amines is 1. The fourth-order valence-corrected chi connectivity index (χ4v) is 1.94. The smallest absolute Gasteiger partial charge is 0.134 e. The standard InChI is InChI=1S/C11H9ClN2O/c1-2-7-6(5-13)10-8(14-7)3-4-9(15)11(10)12/h3-4,14-15H,2H2,1H3. The van der Waals surface area contributed by atoms with Gasteiger partial charge in [-0.3, -0.25) is 0 Å². The van der Waals surface area contributed by atoms with Crippen LogP contribution in [0.5, 0.6) is 5.75 Å². The highest BCUT2D eigenvalue weighted by molar-refractivity contribution is 6.37. The van der Waals surface area contributed by atoms with Crippen molar-refractivity contribution in [2.75, 3.05) is 0 Å². The van der Waals surface area contributed by atoms with Gasteiger partial charge in [-0.05, 0) is 18.6 Å². The van der Waals surface area contributed by atoms with Crippen LogP contribution in [0.3, 0.4) is 0 Å². The fraction of sp³-hybridized carbons (Fsp3) is 0.182. The maximum absolute atomic E-state index is 9.46. The third kappa shape index (κ3) is 1.34. The average Bonchev–Trinajstić information content (AvgIpc) is 2.61. The minimum atomic E-state index is 0.00215. The Hall–Kier alpha value is -1.66. The van der Waals surface area contributed by atoms with Gasteiger partial charge in [0.25, 0.3) is 0 Å². The van der Waals surface area contributed by atoms with Gasteiger partial charge in [0.2, 0.25) is 0 Å². The van der Waals surface area contributed by atoms with Crippen LogP contribution in [-0.4, -0.2) is 10.1 Å². The zero-order chi connectivity index (χ0) is 11.0. The molecule has 0 spiro atoms. The van der Waals surface area contributed by atoms with E-state index in [1.807, 2.05) is 6.92 Å². The van der Waals surface area contributed by atoms with E-state index in [4.69, 9.17) is 16.9 Å². The van der Waals surface area contributed by atoms with Gasteiger partial charge in [0.15, 0.2) is 0 Å². The number of nitrogens with one attached hydrogen (secondary N) is 1. The maximum Gasteiger partial charge on any atom is 0.134 e. The fourth-order valence-electron chi connectivity index (χ4n) is 1.68. The summed E-state index contributed by atoms with van der Waals surface area (Å²) in [6, 6.07) is 5.35. The zero-order valence-corrected chi connectivity index (χ0v) is 8.89. The lowest BCUT2D eigenvalue weighted by atomic mass is 10.1. The quantitative estimate of drug-likeness (QED) is 0.776. The largest absolute Gasteiger partial charge is 0.506 e. The number of nitriles is 1. The molecule has 0 saturated carbocycles. The Balaban J connectivity index is 2.93. The number of fused-ring (bicyclic) bond motifs is 1. The predicted molar refractivity (Wildman–Crippen MR) is 59.1 cm³/mol. The third-order valence-corrected chi connectivity index (χ3v) is 2.81. The van der Waals surface area contributed by atoms with Crippen LogP contribution in [0.1, 0.15) is 18.2 Å². The molecule has 0 amide bonds. The molecule has 1 heterocycles. The van der Waals surface area contributed by atoms with E-state index in [-0.39, 0.29) is 10.8 Å². The van der Waals surface area contributed by atoms with Crippen molar-refractivity contribution in [3.8, 4) is 11.8 Å². The molecule has 0 radical (unpaired) electrons. The number of aryl methyl sites for hydroxylation is 1. The first-order valence-electron chi connectivity index (χ1n) is 4.61. The highest BCUT2D eigenvalue weighted by Crippen LogP contribution is 2.35. The molecule has 0 aliphatic rings. The normalized spacial score (nSPS) is 10.5. The van der Waals surface area contributed by atoms with E-state index in [0.29, 0.717) is 10.9 Å². The number of hydrogen-bond donors (Lipinski definition) is 2. The van der Waals surface area contributed by atoms with E-state index in [2.05, 4.69) is 11.1 Å². The van der Waals surface area contributed by atoms with Crippen molar-refractivity contribution in [3.05, 3.63) is 28.4 Å². The molecule has 15 heavy (non-hydrogen) atoms. The number of aromatic nitrogens is 1. The monoisotopic (exact) mass is 220 g/mol. The molecule has 0 unspecified atom stereocenters. The van der Waals surface area contributed by atoms with Crippen molar-refractivity contribution < 1.29 is 5.11 Å². The lowest BCUT2D eigenvalue weighted by Gasteiger charge is -1.97. The molecule has 0 aliphatic carbocycles. The van der Waals surface area contributed by atoms with Crippen molar-refractivity contribution in [2.45, 2.75) is 13.3 Å². The summed E-state index contributed by atoms with van der Waals surface area (Å²) in [5.74, 6) is 0.00215. The molecule has 4 heteroatoms. The van der Waals surface area contributed by atoms with E-state index in [9.17, 15) is 5.11 Å². The Morgan fingerprint density at radius 3 is 2.87 bits per heavy atom. The van der Waals surface area contributed by atoms with Crippen LogP contribution in [-0.2, 0) is 6.42 Å². The predicted octanol–water partition coefficient (Wildman–Crippen LogP) is 2.96. The van der Waals surface area contributed by atoms with E-state index < -0.39 is 0 Å². The van der Waals surface area contributed by atoms with Gasteiger partial charge in [0.05, 0.1) is 10.6 Å². The number of halogens is 1. The highest BCUT2D eigenvalue weighted by Gasteiger charge is 2.14. The van der Waals surface area contributed by atoms with Gasteiger partial charge < -0.3 is 10.1 Å². The molecule has 3 nitrogen and oxygen atoms in total. The van der Waals surface area contributed by atoms with E-state index >= 15 is 0 Å². The minimum absolute atomic E-state index is 0.00215. The number of phenolic OH excluding ortho intramolecular Hbond substituents is 1. The van der Waals surface area contributed by atoms with Crippen molar-refractivity contribution in [1.82, 2.24) is 4.98 Å². The maximum atomic E-state index is 9.46. The van der Waals surface area contributed by atoms with Crippen molar-refractivity contribution >= 4 is 22.5 Å². The van der Waals surface area contributed by atoms with Crippen LogP contribution >= 0.6 is 11.6 Å². The highest BCUT2D eigenvalue weighted by atomic mass is 35.5. The molecular formula is C11H9ClN2O. The van der Waals surface area contributed by atoms with Gasteiger partial charge in [-0.2, -0.15) is 5.26 Å². The van der Waals surface area contributed by atoms with Crippen LogP contribution in [0.15, 0.2) is 12.1 Å². The molecule has 2 rings (SSSR count). The Morgan fingerprint density at radius 1 is 1.53 bits per heavy atom. The molecule has 0 saturated heterocycles. The summed E-state index contributed by atoms with van der Waals surface area (Å²) in [7, 11) is 0. The second kappa shape index (κ2) is 3.48. The first-order chi connectivity index (χ1) is 7.19.